The molecule has 2 aliphatic heterocycles. The smallest absolute Gasteiger partial charge is 0.252 e. The molecule has 2 aromatic rings. The molecule has 1 amide bonds. The number of hydrogen-bond donors (Lipinski definition) is 0. The lowest BCUT2D eigenvalue weighted by molar-refractivity contribution is -0.117. The predicted molar refractivity (Wildman–Crippen MR) is 120 cm³/mol. The zero-order valence-electron chi connectivity index (χ0n) is 15.5. The van der Waals surface area contributed by atoms with Gasteiger partial charge in [-0.15, -0.1) is 0 Å². The number of thioether (sulfide) groups is 1. The van der Waals surface area contributed by atoms with Crippen molar-refractivity contribution < 1.29 is 13.2 Å². The van der Waals surface area contributed by atoms with Crippen molar-refractivity contribution in [1.82, 2.24) is 0 Å². The molecule has 2 heterocycles. The summed E-state index contributed by atoms with van der Waals surface area (Å²) < 4.78 is 24.4. The number of carbonyl (C=O) groups excluding carboxylic acids is 1. The average molecular weight is 469 g/mol. The third-order valence-electron chi connectivity index (χ3n) is 4.94. The van der Waals surface area contributed by atoms with Crippen molar-refractivity contribution in [3.63, 3.8) is 0 Å². The number of carbonyl (C=O) groups is 1. The van der Waals surface area contributed by atoms with Crippen LogP contribution < -0.4 is 4.90 Å². The van der Waals surface area contributed by atoms with Gasteiger partial charge in [0.1, 0.15) is 0 Å². The highest BCUT2D eigenvalue weighted by Gasteiger charge is 2.50. The molecule has 9 heteroatoms. The van der Waals surface area contributed by atoms with Crippen molar-refractivity contribution in [2.45, 2.75) is 24.6 Å². The number of halogens is 2. The van der Waals surface area contributed by atoms with Gasteiger partial charge in [0.05, 0.1) is 39.7 Å². The lowest BCUT2D eigenvalue weighted by Crippen LogP contribution is -2.38. The van der Waals surface area contributed by atoms with E-state index in [4.69, 9.17) is 23.2 Å². The fourth-order valence-electron chi connectivity index (χ4n) is 3.57. The summed E-state index contributed by atoms with van der Waals surface area (Å²) in [6.45, 7) is 1.99. The number of sulfone groups is 1. The number of hydrogen-bond acceptors (Lipinski definition) is 4. The molecule has 0 N–H and O–H groups in total. The van der Waals surface area contributed by atoms with Gasteiger partial charge in [-0.2, -0.15) is 4.99 Å². The van der Waals surface area contributed by atoms with E-state index in [1.165, 1.54) is 11.8 Å². The number of nitrogens with zero attached hydrogens (tertiary/aromatic N) is 2. The third kappa shape index (κ3) is 4.33. The van der Waals surface area contributed by atoms with Crippen LogP contribution in [0.15, 0.2) is 47.5 Å². The summed E-state index contributed by atoms with van der Waals surface area (Å²) in [6.07, 6.45) is 0.169. The van der Waals surface area contributed by atoms with Gasteiger partial charge in [-0.25, -0.2) is 8.42 Å². The minimum atomic E-state index is -3.17. The van der Waals surface area contributed by atoms with Gasteiger partial charge in [0.15, 0.2) is 15.0 Å². The molecular weight excluding hydrogens is 451 g/mol. The second-order valence-electron chi connectivity index (χ2n) is 7.19. The second kappa shape index (κ2) is 7.95. The van der Waals surface area contributed by atoms with Gasteiger partial charge in [-0.3, -0.25) is 4.79 Å². The Morgan fingerprint density at radius 2 is 1.79 bits per heavy atom. The van der Waals surface area contributed by atoms with Gasteiger partial charge in [-0.1, -0.05) is 70.9 Å². The number of amidine groups is 1. The summed E-state index contributed by atoms with van der Waals surface area (Å²) >= 11 is 14.1. The molecule has 0 aliphatic carbocycles. The fourth-order valence-corrected chi connectivity index (χ4v) is 8.07. The summed E-state index contributed by atoms with van der Waals surface area (Å²) in [6, 6.07) is 12.5. The molecule has 152 valence electrons. The Bertz CT molecular complexity index is 1080. The average Bonchev–Trinajstić information content (AvgIpc) is 3.09. The summed E-state index contributed by atoms with van der Waals surface area (Å²) in [5, 5.41) is 1.02. The molecule has 0 bridgehead atoms. The summed E-state index contributed by atoms with van der Waals surface area (Å²) in [4.78, 5) is 18.7. The Morgan fingerprint density at radius 1 is 1.14 bits per heavy atom. The normalized spacial score (nSPS) is 24.1. The highest BCUT2D eigenvalue weighted by Crippen LogP contribution is 2.45. The van der Waals surface area contributed by atoms with Crippen molar-refractivity contribution in [3.8, 4) is 0 Å². The number of rotatable bonds is 3. The van der Waals surface area contributed by atoms with E-state index < -0.39 is 9.84 Å². The van der Waals surface area contributed by atoms with Crippen molar-refractivity contribution in [3.05, 3.63) is 63.6 Å². The van der Waals surface area contributed by atoms with Crippen LogP contribution in [0.25, 0.3) is 0 Å². The number of fused-ring (bicyclic) bond motifs is 1. The van der Waals surface area contributed by atoms with E-state index in [2.05, 4.69) is 4.99 Å². The minimum Gasteiger partial charge on any atom is -0.313 e. The van der Waals surface area contributed by atoms with E-state index >= 15 is 0 Å². The Labute approximate surface area is 184 Å². The van der Waals surface area contributed by atoms with E-state index in [0.717, 1.165) is 11.1 Å². The van der Waals surface area contributed by atoms with Crippen LogP contribution in [0.3, 0.4) is 0 Å². The van der Waals surface area contributed by atoms with Crippen molar-refractivity contribution in [1.29, 1.82) is 0 Å². The Hall–Kier alpha value is -1.54. The number of anilines is 1. The molecule has 2 aliphatic rings. The van der Waals surface area contributed by atoms with E-state index in [-0.39, 0.29) is 35.1 Å². The van der Waals surface area contributed by atoms with E-state index in [1.807, 2.05) is 31.2 Å². The minimum absolute atomic E-state index is 0.0165. The van der Waals surface area contributed by atoms with Crippen molar-refractivity contribution in [2.24, 2.45) is 4.99 Å². The van der Waals surface area contributed by atoms with E-state index in [9.17, 15) is 13.2 Å². The van der Waals surface area contributed by atoms with Crippen molar-refractivity contribution >= 4 is 61.6 Å². The molecule has 5 nitrogen and oxygen atoms in total. The molecule has 29 heavy (non-hydrogen) atoms. The molecule has 4 rings (SSSR count). The topological polar surface area (TPSA) is 66.8 Å². The van der Waals surface area contributed by atoms with Crippen LogP contribution in [0, 0.1) is 6.92 Å². The van der Waals surface area contributed by atoms with E-state index in [1.54, 1.807) is 23.1 Å². The van der Waals surface area contributed by atoms with Gasteiger partial charge < -0.3 is 4.90 Å². The molecule has 2 fully saturated rings. The van der Waals surface area contributed by atoms with Gasteiger partial charge in [0.25, 0.3) is 5.91 Å². The predicted octanol–water partition coefficient (Wildman–Crippen LogP) is 4.15. The number of benzene rings is 2. The van der Waals surface area contributed by atoms with Crippen LogP contribution in [0.1, 0.15) is 11.1 Å². The number of aliphatic imine (C=N–C) groups is 1. The van der Waals surface area contributed by atoms with Gasteiger partial charge in [0, 0.05) is 5.25 Å². The molecule has 0 spiro atoms. The number of amides is 1. The highest BCUT2D eigenvalue weighted by molar-refractivity contribution is 8.16. The third-order valence-corrected chi connectivity index (χ3v) is 8.76. The summed E-state index contributed by atoms with van der Waals surface area (Å²) in [5.41, 5.74) is 2.49. The van der Waals surface area contributed by atoms with Crippen LogP contribution in [-0.4, -0.2) is 42.3 Å². The van der Waals surface area contributed by atoms with Gasteiger partial charge in [0.2, 0.25) is 0 Å². The SMILES string of the molecule is Cc1ccc(CC(=O)N=C2SC3CS(=O)(=O)CC3N2c2c(Cl)cccc2Cl)cc1. The van der Waals surface area contributed by atoms with Crippen LogP contribution in [0.5, 0.6) is 0 Å². The first kappa shape index (κ1) is 20.7. The highest BCUT2D eigenvalue weighted by atomic mass is 35.5. The molecule has 2 atom stereocenters. The molecule has 2 saturated heterocycles. The lowest BCUT2D eigenvalue weighted by Gasteiger charge is -2.26. The molecular formula is C20H18Cl2N2O3S2. The van der Waals surface area contributed by atoms with Crippen LogP contribution in [-0.2, 0) is 21.1 Å². The zero-order valence-corrected chi connectivity index (χ0v) is 18.7. The first-order valence-electron chi connectivity index (χ1n) is 9.01. The van der Waals surface area contributed by atoms with Crippen LogP contribution in [0.2, 0.25) is 10.0 Å². The zero-order chi connectivity index (χ0) is 20.8. The molecule has 0 saturated carbocycles. The lowest BCUT2D eigenvalue weighted by atomic mass is 10.1. The maximum absolute atomic E-state index is 12.6. The van der Waals surface area contributed by atoms with Crippen LogP contribution in [0.4, 0.5) is 5.69 Å². The maximum atomic E-state index is 12.6. The quantitative estimate of drug-likeness (QED) is 0.676. The first-order valence-corrected chi connectivity index (χ1v) is 12.5. The molecule has 0 radical (unpaired) electrons. The van der Waals surface area contributed by atoms with Gasteiger partial charge in [-0.05, 0) is 24.6 Å². The second-order valence-corrected chi connectivity index (χ2v) is 11.4. The Kier molecular flexibility index (Phi) is 5.68. The maximum Gasteiger partial charge on any atom is 0.252 e. The monoisotopic (exact) mass is 468 g/mol. The molecule has 2 unspecified atom stereocenters. The first-order chi connectivity index (χ1) is 13.7. The van der Waals surface area contributed by atoms with Crippen molar-refractivity contribution in [2.75, 3.05) is 16.4 Å². The molecule has 2 aromatic carbocycles. The van der Waals surface area contributed by atoms with Crippen LogP contribution >= 0.6 is 35.0 Å². The summed E-state index contributed by atoms with van der Waals surface area (Å²) in [5.74, 6) is -0.268. The standard InChI is InChI=1S/C20H18Cl2N2O3S2/c1-12-5-7-13(8-6-12)9-18(25)23-20-24(19-14(21)3-2-4-15(19)22)16-10-29(26,27)11-17(16)28-20/h2-8,16-17H,9-11H2,1H3. The molecule has 0 aromatic heterocycles. The number of para-hydroxylation sites is 1. The largest absolute Gasteiger partial charge is 0.313 e. The summed E-state index contributed by atoms with van der Waals surface area (Å²) in [7, 11) is -3.17. The van der Waals surface area contributed by atoms with E-state index in [0.29, 0.717) is 20.9 Å². The number of aryl methyl sites for hydroxylation is 1. The van der Waals surface area contributed by atoms with Gasteiger partial charge >= 0.3 is 0 Å². The Morgan fingerprint density at radius 3 is 2.45 bits per heavy atom. The Balaban J connectivity index is 1.69. The fraction of sp³-hybridized carbons (Fsp3) is 0.300.